The Kier molecular flexibility index (Phi) is 4.64. The van der Waals surface area contributed by atoms with Gasteiger partial charge in [-0.25, -0.2) is 4.39 Å². The fourth-order valence-electron chi connectivity index (χ4n) is 1.47. The van der Waals surface area contributed by atoms with Crippen molar-refractivity contribution in [1.29, 1.82) is 5.26 Å². The molecular weight excluding hydrogens is 257 g/mol. The largest absolute Gasteiger partial charge is 0.301 e. The molecule has 0 amide bonds. The molecule has 0 radical (unpaired) electrons. The molecule has 0 aliphatic rings. The number of anilines is 1. The summed E-state index contributed by atoms with van der Waals surface area (Å²) in [5, 5.41) is 8.83. The van der Waals surface area contributed by atoms with E-state index >= 15 is 0 Å². The summed E-state index contributed by atoms with van der Waals surface area (Å²) in [6.45, 7) is 4.04. The molecular formula is C11H14FN3O2S. The molecule has 18 heavy (non-hydrogen) atoms. The van der Waals surface area contributed by atoms with Gasteiger partial charge in [0.25, 0.3) is 0 Å². The van der Waals surface area contributed by atoms with Crippen molar-refractivity contribution in [3.05, 3.63) is 29.6 Å². The Bertz CT molecular complexity index is 562. The summed E-state index contributed by atoms with van der Waals surface area (Å²) >= 11 is 0. The van der Waals surface area contributed by atoms with Gasteiger partial charge in [0.1, 0.15) is 11.9 Å². The van der Waals surface area contributed by atoms with Gasteiger partial charge in [0.2, 0.25) is 0 Å². The molecule has 1 aromatic carbocycles. The molecule has 7 heteroatoms. The molecule has 0 aromatic heterocycles. The van der Waals surface area contributed by atoms with E-state index in [1.54, 1.807) is 19.9 Å². The lowest BCUT2D eigenvalue weighted by Gasteiger charge is -2.19. The number of nitrogens with zero attached hydrogens (tertiary/aromatic N) is 2. The van der Waals surface area contributed by atoms with Gasteiger partial charge in [-0.3, -0.25) is 4.72 Å². The molecule has 0 spiro atoms. The third kappa shape index (κ3) is 3.18. The van der Waals surface area contributed by atoms with E-state index in [2.05, 4.69) is 4.72 Å². The zero-order valence-electron chi connectivity index (χ0n) is 10.1. The van der Waals surface area contributed by atoms with E-state index < -0.39 is 16.0 Å². The van der Waals surface area contributed by atoms with E-state index in [4.69, 9.17) is 5.26 Å². The first kappa shape index (κ1) is 14.4. The predicted octanol–water partition coefficient (Wildman–Crippen LogP) is 1.70. The van der Waals surface area contributed by atoms with Crippen molar-refractivity contribution >= 4 is 15.9 Å². The summed E-state index contributed by atoms with van der Waals surface area (Å²) in [7, 11) is -3.71. The second kappa shape index (κ2) is 5.80. The van der Waals surface area contributed by atoms with Crippen LogP contribution in [0.2, 0.25) is 0 Å². The van der Waals surface area contributed by atoms with Crippen LogP contribution in [0.1, 0.15) is 19.4 Å². The Morgan fingerprint density at radius 1 is 1.39 bits per heavy atom. The standard InChI is InChI=1S/C11H14FN3O2S/c1-3-15(4-2)18(16,17)14-11-6-5-10(12)7-9(11)8-13/h5-7,14H,3-4H2,1-2H3. The molecule has 1 N–H and O–H groups in total. The molecule has 0 heterocycles. The normalized spacial score (nSPS) is 11.3. The molecule has 0 aliphatic carbocycles. The molecule has 0 bridgehead atoms. The second-order valence-corrected chi connectivity index (χ2v) is 5.16. The minimum Gasteiger partial charge on any atom is -0.270 e. The smallest absolute Gasteiger partial charge is 0.270 e. The fraction of sp³-hybridized carbons (Fsp3) is 0.364. The minimum atomic E-state index is -3.71. The lowest BCUT2D eigenvalue weighted by atomic mass is 10.2. The molecule has 0 saturated carbocycles. The predicted molar refractivity (Wildman–Crippen MR) is 66.6 cm³/mol. The van der Waals surface area contributed by atoms with Crippen molar-refractivity contribution in [3.8, 4) is 6.07 Å². The van der Waals surface area contributed by atoms with Gasteiger partial charge in [-0.05, 0) is 18.2 Å². The average molecular weight is 271 g/mol. The maximum Gasteiger partial charge on any atom is 0.301 e. The van der Waals surface area contributed by atoms with E-state index in [0.717, 1.165) is 12.1 Å². The van der Waals surface area contributed by atoms with Crippen molar-refractivity contribution in [3.63, 3.8) is 0 Å². The number of rotatable bonds is 5. The van der Waals surface area contributed by atoms with Gasteiger partial charge in [-0.1, -0.05) is 13.8 Å². The Hall–Kier alpha value is -1.65. The SMILES string of the molecule is CCN(CC)S(=O)(=O)Nc1ccc(F)cc1C#N. The van der Waals surface area contributed by atoms with Gasteiger partial charge in [-0.15, -0.1) is 0 Å². The van der Waals surface area contributed by atoms with Crippen LogP contribution >= 0.6 is 0 Å². The summed E-state index contributed by atoms with van der Waals surface area (Å²) in [5.74, 6) is -0.586. The molecule has 0 atom stereocenters. The highest BCUT2D eigenvalue weighted by atomic mass is 32.2. The quantitative estimate of drug-likeness (QED) is 0.885. The highest BCUT2D eigenvalue weighted by molar-refractivity contribution is 7.90. The minimum absolute atomic E-state index is 0.0502. The van der Waals surface area contributed by atoms with Crippen LogP contribution in [0, 0.1) is 17.1 Å². The second-order valence-electron chi connectivity index (χ2n) is 3.49. The maximum absolute atomic E-state index is 12.9. The number of halogens is 1. The zero-order valence-corrected chi connectivity index (χ0v) is 11.0. The van der Waals surface area contributed by atoms with Crippen LogP contribution in [0.15, 0.2) is 18.2 Å². The number of benzene rings is 1. The first-order valence-electron chi connectivity index (χ1n) is 5.42. The number of hydrogen-bond acceptors (Lipinski definition) is 3. The topological polar surface area (TPSA) is 73.2 Å². The van der Waals surface area contributed by atoms with Gasteiger partial charge in [0.15, 0.2) is 0 Å². The van der Waals surface area contributed by atoms with E-state index in [9.17, 15) is 12.8 Å². The fourth-order valence-corrected chi connectivity index (χ4v) is 2.73. The van der Waals surface area contributed by atoms with Crippen LogP contribution in [0.4, 0.5) is 10.1 Å². The molecule has 0 aliphatic heterocycles. The number of nitriles is 1. The number of nitrogens with one attached hydrogen (secondary N) is 1. The van der Waals surface area contributed by atoms with E-state index in [-0.39, 0.29) is 11.3 Å². The molecule has 1 rings (SSSR count). The first-order valence-corrected chi connectivity index (χ1v) is 6.86. The average Bonchev–Trinajstić information content (AvgIpc) is 2.32. The molecule has 1 aromatic rings. The van der Waals surface area contributed by atoms with Crippen LogP contribution in [0.3, 0.4) is 0 Å². The van der Waals surface area contributed by atoms with Crippen LogP contribution in [-0.2, 0) is 10.2 Å². The van der Waals surface area contributed by atoms with Crippen molar-refractivity contribution < 1.29 is 12.8 Å². The van der Waals surface area contributed by atoms with Crippen molar-refractivity contribution in [1.82, 2.24) is 4.31 Å². The highest BCUT2D eigenvalue weighted by Gasteiger charge is 2.19. The van der Waals surface area contributed by atoms with Gasteiger partial charge in [-0.2, -0.15) is 18.0 Å². The lowest BCUT2D eigenvalue weighted by molar-refractivity contribution is 0.449. The van der Waals surface area contributed by atoms with E-state index in [1.807, 2.05) is 0 Å². The van der Waals surface area contributed by atoms with E-state index in [0.29, 0.717) is 13.1 Å². The monoisotopic (exact) mass is 271 g/mol. The Morgan fingerprint density at radius 2 is 2.00 bits per heavy atom. The van der Waals surface area contributed by atoms with Crippen molar-refractivity contribution in [2.45, 2.75) is 13.8 Å². The Labute approximate surface area is 106 Å². The zero-order chi connectivity index (χ0) is 13.8. The summed E-state index contributed by atoms with van der Waals surface area (Å²) in [5.41, 5.74) is 0.0246. The first-order chi connectivity index (χ1) is 8.44. The Balaban J connectivity index is 3.09. The Morgan fingerprint density at radius 3 is 2.50 bits per heavy atom. The van der Waals surface area contributed by atoms with Crippen LogP contribution < -0.4 is 4.72 Å². The van der Waals surface area contributed by atoms with Gasteiger partial charge in [0.05, 0.1) is 11.3 Å². The third-order valence-corrected chi connectivity index (χ3v) is 4.06. The van der Waals surface area contributed by atoms with Crippen molar-refractivity contribution in [2.24, 2.45) is 0 Å². The molecule has 0 fully saturated rings. The lowest BCUT2D eigenvalue weighted by Crippen LogP contribution is -2.35. The summed E-state index contributed by atoms with van der Waals surface area (Å²) in [6, 6.07) is 5.06. The maximum atomic E-state index is 12.9. The number of hydrogen-bond donors (Lipinski definition) is 1. The highest BCUT2D eigenvalue weighted by Crippen LogP contribution is 2.18. The molecule has 5 nitrogen and oxygen atoms in total. The van der Waals surface area contributed by atoms with Gasteiger partial charge >= 0.3 is 10.2 Å². The van der Waals surface area contributed by atoms with Gasteiger partial charge in [0, 0.05) is 13.1 Å². The van der Waals surface area contributed by atoms with Gasteiger partial charge < -0.3 is 0 Å². The van der Waals surface area contributed by atoms with Crippen LogP contribution in [-0.4, -0.2) is 25.8 Å². The molecule has 98 valence electrons. The molecule has 0 saturated heterocycles. The van der Waals surface area contributed by atoms with Crippen LogP contribution in [0.5, 0.6) is 0 Å². The summed E-state index contributed by atoms with van der Waals surface area (Å²) < 4.78 is 40.3. The summed E-state index contributed by atoms with van der Waals surface area (Å²) in [4.78, 5) is 0. The summed E-state index contributed by atoms with van der Waals surface area (Å²) in [6.07, 6.45) is 0. The third-order valence-electron chi connectivity index (χ3n) is 2.39. The van der Waals surface area contributed by atoms with E-state index in [1.165, 1.54) is 10.4 Å². The van der Waals surface area contributed by atoms with Crippen molar-refractivity contribution in [2.75, 3.05) is 17.8 Å². The van der Waals surface area contributed by atoms with Crippen LogP contribution in [0.25, 0.3) is 0 Å². The molecule has 0 unspecified atom stereocenters.